The smallest absolute Gasteiger partial charge is 0.251 e. The second-order valence-corrected chi connectivity index (χ2v) is 7.06. The van der Waals surface area contributed by atoms with Crippen molar-refractivity contribution < 1.29 is 9.53 Å². The van der Waals surface area contributed by atoms with Crippen molar-refractivity contribution in [2.75, 3.05) is 51.3 Å². The zero-order valence-electron chi connectivity index (χ0n) is 16.5. The number of nitrogens with zero attached hydrogens (tertiary/aromatic N) is 2. The van der Waals surface area contributed by atoms with Crippen LogP contribution in [0.4, 0.5) is 5.69 Å². The van der Waals surface area contributed by atoms with Gasteiger partial charge in [-0.05, 0) is 49.2 Å². The summed E-state index contributed by atoms with van der Waals surface area (Å²) in [6.45, 7) is 9.53. The van der Waals surface area contributed by atoms with Gasteiger partial charge in [0.2, 0.25) is 0 Å². The average molecular weight is 367 g/mol. The number of ether oxygens (including phenoxy) is 1. The van der Waals surface area contributed by atoms with Gasteiger partial charge in [-0.15, -0.1) is 0 Å². The monoisotopic (exact) mass is 367 g/mol. The molecule has 144 valence electrons. The molecule has 0 unspecified atom stereocenters. The first kappa shape index (κ1) is 19.2. The fraction of sp³-hybridized carbons (Fsp3) is 0.409. The minimum absolute atomic E-state index is 0.00533. The number of nitrogens with one attached hydrogen (secondary N) is 1. The third-order valence-electron chi connectivity index (χ3n) is 5.28. The quantitative estimate of drug-likeness (QED) is 0.853. The van der Waals surface area contributed by atoms with Crippen molar-refractivity contribution in [1.82, 2.24) is 10.2 Å². The van der Waals surface area contributed by atoms with Crippen LogP contribution in [0.15, 0.2) is 42.5 Å². The fourth-order valence-electron chi connectivity index (χ4n) is 3.42. The van der Waals surface area contributed by atoms with Crippen LogP contribution in [0.25, 0.3) is 0 Å². The largest absolute Gasteiger partial charge is 0.495 e. The summed E-state index contributed by atoms with van der Waals surface area (Å²) in [7, 11) is 1.72. The highest BCUT2D eigenvalue weighted by Crippen LogP contribution is 2.28. The van der Waals surface area contributed by atoms with Gasteiger partial charge in [0.15, 0.2) is 0 Å². The molecule has 0 aromatic heterocycles. The summed E-state index contributed by atoms with van der Waals surface area (Å²) in [6.07, 6.45) is 0. The van der Waals surface area contributed by atoms with E-state index in [0.717, 1.165) is 55.3 Å². The number of anilines is 1. The Morgan fingerprint density at radius 3 is 2.48 bits per heavy atom. The molecule has 27 heavy (non-hydrogen) atoms. The van der Waals surface area contributed by atoms with Crippen molar-refractivity contribution >= 4 is 11.6 Å². The molecular formula is C22H29N3O2. The third-order valence-corrected chi connectivity index (χ3v) is 5.28. The van der Waals surface area contributed by atoms with Crippen molar-refractivity contribution in [3.63, 3.8) is 0 Å². The summed E-state index contributed by atoms with van der Waals surface area (Å²) < 4.78 is 5.47. The predicted octanol–water partition coefficient (Wildman–Crippen LogP) is 2.86. The highest BCUT2D eigenvalue weighted by atomic mass is 16.5. The number of methoxy groups -OCH3 is 1. The zero-order chi connectivity index (χ0) is 19.2. The molecule has 5 nitrogen and oxygen atoms in total. The Balaban J connectivity index is 1.44. The summed E-state index contributed by atoms with van der Waals surface area (Å²) in [4.78, 5) is 17.1. The molecule has 5 heteroatoms. The molecule has 1 heterocycles. The van der Waals surface area contributed by atoms with Gasteiger partial charge < -0.3 is 15.0 Å². The Kier molecular flexibility index (Phi) is 6.35. The summed E-state index contributed by atoms with van der Waals surface area (Å²) in [6, 6.07) is 14.0. The minimum Gasteiger partial charge on any atom is -0.495 e. The van der Waals surface area contributed by atoms with Crippen molar-refractivity contribution in [3.05, 3.63) is 59.2 Å². The maximum atomic E-state index is 12.3. The van der Waals surface area contributed by atoms with Gasteiger partial charge in [0.05, 0.1) is 12.8 Å². The molecule has 0 radical (unpaired) electrons. The van der Waals surface area contributed by atoms with Crippen molar-refractivity contribution in [1.29, 1.82) is 0 Å². The second kappa shape index (κ2) is 8.91. The summed E-state index contributed by atoms with van der Waals surface area (Å²) in [5.41, 5.74) is 4.25. The Bertz CT molecular complexity index is 783. The third kappa shape index (κ3) is 4.80. The summed E-state index contributed by atoms with van der Waals surface area (Å²) in [5, 5.41) is 3.04. The summed E-state index contributed by atoms with van der Waals surface area (Å²) >= 11 is 0. The lowest BCUT2D eigenvalue weighted by molar-refractivity contribution is 0.0947. The fourth-order valence-corrected chi connectivity index (χ4v) is 3.42. The van der Waals surface area contributed by atoms with Crippen LogP contribution in [0, 0.1) is 13.8 Å². The topological polar surface area (TPSA) is 44.8 Å². The Morgan fingerprint density at radius 2 is 1.78 bits per heavy atom. The molecule has 1 saturated heterocycles. The molecule has 2 aromatic rings. The van der Waals surface area contributed by atoms with E-state index in [4.69, 9.17) is 4.74 Å². The standard InChI is InChI=1S/C22H29N3O2/c1-17-8-9-19(16-18(17)2)22(26)23-10-11-24-12-14-25(15-13-24)20-6-4-5-7-21(20)27-3/h4-9,16H,10-15H2,1-3H3,(H,23,26). The van der Waals surface area contributed by atoms with Gasteiger partial charge >= 0.3 is 0 Å². The average Bonchev–Trinajstić information content (AvgIpc) is 2.70. The van der Waals surface area contributed by atoms with E-state index in [0.29, 0.717) is 6.54 Å². The molecule has 1 amide bonds. The number of piperazine rings is 1. The van der Waals surface area contributed by atoms with Crippen LogP contribution in [0.3, 0.4) is 0 Å². The van der Waals surface area contributed by atoms with Gasteiger partial charge in [-0.1, -0.05) is 18.2 Å². The van der Waals surface area contributed by atoms with Crippen molar-refractivity contribution in [3.8, 4) is 5.75 Å². The number of rotatable bonds is 6. The molecule has 0 bridgehead atoms. The molecule has 1 aliphatic heterocycles. The van der Waals surface area contributed by atoms with Crippen molar-refractivity contribution in [2.24, 2.45) is 0 Å². The molecule has 0 spiro atoms. The molecule has 1 fully saturated rings. The number of benzene rings is 2. The lowest BCUT2D eigenvalue weighted by Crippen LogP contribution is -2.48. The van der Waals surface area contributed by atoms with E-state index < -0.39 is 0 Å². The van der Waals surface area contributed by atoms with E-state index in [1.54, 1.807) is 7.11 Å². The first-order chi connectivity index (χ1) is 13.1. The van der Waals surface area contributed by atoms with E-state index in [2.05, 4.69) is 28.1 Å². The molecule has 0 atom stereocenters. The van der Waals surface area contributed by atoms with Crippen LogP contribution in [-0.4, -0.2) is 57.2 Å². The molecule has 0 saturated carbocycles. The normalized spacial score (nSPS) is 14.9. The van der Waals surface area contributed by atoms with Crippen LogP contribution >= 0.6 is 0 Å². The Morgan fingerprint density at radius 1 is 1.04 bits per heavy atom. The number of hydrogen-bond donors (Lipinski definition) is 1. The zero-order valence-corrected chi connectivity index (χ0v) is 16.5. The number of amides is 1. The lowest BCUT2D eigenvalue weighted by Gasteiger charge is -2.36. The molecule has 2 aromatic carbocycles. The Labute approximate surface area is 161 Å². The van der Waals surface area contributed by atoms with Crippen LogP contribution in [0.1, 0.15) is 21.5 Å². The van der Waals surface area contributed by atoms with E-state index in [-0.39, 0.29) is 5.91 Å². The van der Waals surface area contributed by atoms with E-state index in [1.165, 1.54) is 5.56 Å². The van der Waals surface area contributed by atoms with Crippen LogP contribution in [-0.2, 0) is 0 Å². The number of hydrogen-bond acceptors (Lipinski definition) is 4. The van der Waals surface area contributed by atoms with E-state index in [9.17, 15) is 4.79 Å². The van der Waals surface area contributed by atoms with Gasteiger partial charge in [0, 0.05) is 44.8 Å². The van der Waals surface area contributed by atoms with E-state index >= 15 is 0 Å². The van der Waals surface area contributed by atoms with Crippen LogP contribution in [0.2, 0.25) is 0 Å². The lowest BCUT2D eigenvalue weighted by atomic mass is 10.1. The molecule has 0 aliphatic carbocycles. The predicted molar refractivity (Wildman–Crippen MR) is 110 cm³/mol. The maximum absolute atomic E-state index is 12.3. The first-order valence-corrected chi connectivity index (χ1v) is 9.54. The number of aryl methyl sites for hydroxylation is 2. The number of carbonyl (C=O) groups excluding carboxylic acids is 1. The minimum atomic E-state index is 0.00533. The van der Waals surface area contributed by atoms with Gasteiger partial charge in [-0.2, -0.15) is 0 Å². The molecule has 1 N–H and O–H groups in total. The SMILES string of the molecule is COc1ccccc1N1CCN(CCNC(=O)c2ccc(C)c(C)c2)CC1. The van der Waals surface area contributed by atoms with Crippen LogP contribution in [0.5, 0.6) is 5.75 Å². The highest BCUT2D eigenvalue weighted by Gasteiger charge is 2.19. The van der Waals surface area contributed by atoms with E-state index in [1.807, 2.05) is 43.3 Å². The Hall–Kier alpha value is -2.53. The van der Waals surface area contributed by atoms with Crippen molar-refractivity contribution in [2.45, 2.75) is 13.8 Å². The first-order valence-electron chi connectivity index (χ1n) is 9.54. The van der Waals surface area contributed by atoms with Gasteiger partial charge in [0.25, 0.3) is 5.91 Å². The van der Waals surface area contributed by atoms with Gasteiger partial charge in [-0.25, -0.2) is 0 Å². The second-order valence-electron chi connectivity index (χ2n) is 7.06. The maximum Gasteiger partial charge on any atom is 0.251 e. The molecule has 3 rings (SSSR count). The summed E-state index contributed by atoms with van der Waals surface area (Å²) in [5.74, 6) is 0.928. The number of carbonyl (C=O) groups is 1. The molecule has 1 aliphatic rings. The highest BCUT2D eigenvalue weighted by molar-refractivity contribution is 5.94. The number of para-hydroxylation sites is 2. The molecular weight excluding hydrogens is 338 g/mol. The van der Waals surface area contributed by atoms with Crippen LogP contribution < -0.4 is 15.0 Å². The van der Waals surface area contributed by atoms with Gasteiger partial charge in [0.1, 0.15) is 5.75 Å². The van der Waals surface area contributed by atoms with Gasteiger partial charge in [-0.3, -0.25) is 9.69 Å².